The molecule has 4 nitrogen and oxygen atoms in total. The van der Waals surface area contributed by atoms with E-state index in [2.05, 4.69) is 15.9 Å². The smallest absolute Gasteiger partial charge is 0.223 e. The number of carbonyl (C=O) groups is 2. The molecule has 0 saturated heterocycles. The molecule has 5 heteroatoms. The number of carbonyl (C=O) groups excluding carboxylic acids is 2. The van der Waals surface area contributed by atoms with Crippen LogP contribution in [0.1, 0.15) is 34.3 Å². The maximum atomic E-state index is 12.3. The summed E-state index contributed by atoms with van der Waals surface area (Å²) in [5.74, 6) is 0.655. The Bertz CT molecular complexity index is 756. The molecule has 0 aliphatic heterocycles. The van der Waals surface area contributed by atoms with E-state index in [9.17, 15) is 9.59 Å². The summed E-state index contributed by atoms with van der Waals surface area (Å²) in [6, 6.07) is 13.1. The van der Waals surface area contributed by atoms with E-state index in [1.165, 1.54) is 0 Å². The van der Waals surface area contributed by atoms with Gasteiger partial charge in [0.25, 0.3) is 0 Å². The van der Waals surface area contributed by atoms with Gasteiger partial charge in [-0.05, 0) is 25.1 Å². The van der Waals surface area contributed by atoms with Gasteiger partial charge in [-0.3, -0.25) is 9.59 Å². The molecule has 0 aliphatic rings. The van der Waals surface area contributed by atoms with Crippen LogP contribution in [0.15, 0.2) is 46.9 Å². The van der Waals surface area contributed by atoms with Crippen LogP contribution in [-0.4, -0.2) is 30.7 Å². The molecule has 0 unspecified atom stereocenters. The summed E-state index contributed by atoms with van der Waals surface area (Å²) in [7, 11) is 3.34. The van der Waals surface area contributed by atoms with E-state index in [1.54, 1.807) is 31.2 Å². The molecular weight excluding hydrogens is 382 g/mol. The molecule has 0 spiro atoms. The van der Waals surface area contributed by atoms with E-state index in [1.807, 2.05) is 37.3 Å². The molecule has 2 rings (SSSR count). The first kappa shape index (κ1) is 19.2. The number of ketones is 1. The van der Waals surface area contributed by atoms with E-state index in [-0.39, 0.29) is 24.5 Å². The van der Waals surface area contributed by atoms with Crippen molar-refractivity contribution in [2.24, 2.45) is 0 Å². The Balaban J connectivity index is 1.93. The minimum absolute atomic E-state index is 0.0122. The van der Waals surface area contributed by atoms with Gasteiger partial charge in [0.1, 0.15) is 5.75 Å². The lowest BCUT2D eigenvalue weighted by molar-refractivity contribution is -0.130. The summed E-state index contributed by atoms with van der Waals surface area (Å²) >= 11 is 3.43. The number of methoxy groups -OCH3 is 1. The second-order valence-electron chi connectivity index (χ2n) is 6.00. The van der Waals surface area contributed by atoms with Crippen LogP contribution in [0.5, 0.6) is 5.75 Å². The maximum absolute atomic E-state index is 12.3. The van der Waals surface area contributed by atoms with Gasteiger partial charge < -0.3 is 9.64 Å². The standard InChI is InChI=1S/C20H22BrNO3/c1-14-4-6-15(7-5-14)18(23)9-11-20(24)22(2)13-16-12-17(21)8-10-19(16)25-3/h4-8,10,12H,9,11,13H2,1-3H3. The first-order valence-electron chi connectivity index (χ1n) is 8.07. The van der Waals surface area contributed by atoms with Crippen molar-refractivity contribution in [2.45, 2.75) is 26.3 Å². The number of halogens is 1. The fourth-order valence-electron chi connectivity index (χ4n) is 2.51. The summed E-state index contributed by atoms with van der Waals surface area (Å²) in [5.41, 5.74) is 2.67. The third-order valence-electron chi connectivity index (χ3n) is 4.02. The fraction of sp³-hybridized carbons (Fsp3) is 0.300. The molecule has 0 radical (unpaired) electrons. The largest absolute Gasteiger partial charge is 0.496 e. The van der Waals surface area contributed by atoms with Crippen molar-refractivity contribution in [3.05, 3.63) is 63.6 Å². The van der Waals surface area contributed by atoms with E-state index in [4.69, 9.17) is 4.74 Å². The third-order valence-corrected chi connectivity index (χ3v) is 4.51. The number of hydrogen-bond acceptors (Lipinski definition) is 3. The highest BCUT2D eigenvalue weighted by atomic mass is 79.9. The highest BCUT2D eigenvalue weighted by molar-refractivity contribution is 9.10. The van der Waals surface area contributed by atoms with Crippen LogP contribution in [0.3, 0.4) is 0 Å². The molecule has 0 N–H and O–H groups in total. The first-order valence-corrected chi connectivity index (χ1v) is 8.86. The van der Waals surface area contributed by atoms with Crippen molar-refractivity contribution in [1.29, 1.82) is 0 Å². The predicted octanol–water partition coefficient (Wildman–Crippen LogP) is 4.39. The average Bonchev–Trinajstić information content (AvgIpc) is 2.60. The monoisotopic (exact) mass is 403 g/mol. The van der Waals surface area contributed by atoms with Gasteiger partial charge in [-0.15, -0.1) is 0 Å². The van der Waals surface area contributed by atoms with Crippen LogP contribution in [0.25, 0.3) is 0 Å². The molecule has 1 amide bonds. The molecule has 0 aromatic heterocycles. The Hall–Kier alpha value is -2.14. The van der Waals surface area contributed by atoms with E-state index < -0.39 is 0 Å². The van der Waals surface area contributed by atoms with E-state index >= 15 is 0 Å². The molecule has 0 atom stereocenters. The van der Waals surface area contributed by atoms with Gasteiger partial charge in [-0.25, -0.2) is 0 Å². The Morgan fingerprint density at radius 1 is 1.08 bits per heavy atom. The molecule has 0 saturated carbocycles. The number of nitrogens with zero attached hydrogens (tertiary/aromatic N) is 1. The number of aryl methyl sites for hydroxylation is 1. The molecule has 0 aliphatic carbocycles. The third kappa shape index (κ3) is 5.43. The second kappa shape index (κ2) is 8.81. The highest BCUT2D eigenvalue weighted by Gasteiger charge is 2.15. The summed E-state index contributed by atoms with van der Waals surface area (Å²) in [6.45, 7) is 2.41. The predicted molar refractivity (Wildman–Crippen MR) is 102 cm³/mol. The minimum atomic E-state index is -0.0671. The average molecular weight is 404 g/mol. The van der Waals surface area contributed by atoms with Crippen LogP contribution in [0.2, 0.25) is 0 Å². The first-order chi connectivity index (χ1) is 11.9. The van der Waals surface area contributed by atoms with Crippen molar-refractivity contribution in [1.82, 2.24) is 4.90 Å². The lowest BCUT2D eigenvalue weighted by Crippen LogP contribution is -2.26. The maximum Gasteiger partial charge on any atom is 0.223 e. The minimum Gasteiger partial charge on any atom is -0.496 e. The van der Waals surface area contributed by atoms with Crippen LogP contribution < -0.4 is 4.74 Å². The van der Waals surface area contributed by atoms with Crippen molar-refractivity contribution in [3.63, 3.8) is 0 Å². The van der Waals surface area contributed by atoms with Gasteiger partial charge >= 0.3 is 0 Å². The quantitative estimate of drug-likeness (QED) is 0.644. The SMILES string of the molecule is COc1ccc(Br)cc1CN(C)C(=O)CCC(=O)c1ccc(C)cc1. The van der Waals surface area contributed by atoms with E-state index in [0.29, 0.717) is 12.1 Å². The van der Waals surface area contributed by atoms with E-state index in [0.717, 1.165) is 21.3 Å². The topological polar surface area (TPSA) is 46.6 Å². The summed E-state index contributed by atoms with van der Waals surface area (Å²) in [5, 5.41) is 0. The lowest BCUT2D eigenvalue weighted by atomic mass is 10.0. The Labute approximate surface area is 156 Å². The van der Waals surface area contributed by atoms with Gasteiger partial charge in [0.15, 0.2) is 5.78 Å². The summed E-state index contributed by atoms with van der Waals surface area (Å²) in [4.78, 5) is 26.2. The molecule has 0 heterocycles. The second-order valence-corrected chi connectivity index (χ2v) is 6.91. The van der Waals surface area contributed by atoms with Crippen LogP contribution in [0.4, 0.5) is 0 Å². The number of Topliss-reactive ketones (excluding diaryl/α,β-unsaturated/α-hetero) is 1. The molecule has 132 valence electrons. The Morgan fingerprint density at radius 3 is 2.40 bits per heavy atom. The van der Waals surface area contributed by atoms with Gasteiger partial charge in [-0.2, -0.15) is 0 Å². The molecule has 2 aromatic carbocycles. The zero-order valence-electron chi connectivity index (χ0n) is 14.7. The zero-order chi connectivity index (χ0) is 18.4. The molecule has 25 heavy (non-hydrogen) atoms. The molecule has 0 fully saturated rings. The van der Waals surface area contributed by atoms with Crippen molar-refractivity contribution in [2.75, 3.05) is 14.2 Å². The van der Waals surface area contributed by atoms with Crippen LogP contribution >= 0.6 is 15.9 Å². The fourth-order valence-corrected chi connectivity index (χ4v) is 2.92. The lowest BCUT2D eigenvalue weighted by Gasteiger charge is -2.19. The van der Waals surface area contributed by atoms with Gasteiger partial charge in [0.2, 0.25) is 5.91 Å². The van der Waals surface area contributed by atoms with Gasteiger partial charge in [-0.1, -0.05) is 45.8 Å². The van der Waals surface area contributed by atoms with Crippen LogP contribution in [-0.2, 0) is 11.3 Å². The molecular formula is C20H22BrNO3. The Kier molecular flexibility index (Phi) is 6.76. The van der Waals surface area contributed by atoms with Crippen molar-refractivity contribution < 1.29 is 14.3 Å². The summed E-state index contributed by atoms with van der Waals surface area (Å²) < 4.78 is 6.26. The van der Waals surface area contributed by atoms with Crippen molar-refractivity contribution >= 4 is 27.6 Å². The normalized spacial score (nSPS) is 10.4. The van der Waals surface area contributed by atoms with Crippen molar-refractivity contribution in [3.8, 4) is 5.75 Å². The molecule has 0 bridgehead atoms. The Morgan fingerprint density at radius 2 is 1.76 bits per heavy atom. The van der Waals surface area contributed by atoms with Crippen LogP contribution in [0, 0.1) is 6.92 Å². The highest BCUT2D eigenvalue weighted by Crippen LogP contribution is 2.24. The van der Waals surface area contributed by atoms with Gasteiger partial charge in [0, 0.05) is 42.0 Å². The number of hydrogen-bond donors (Lipinski definition) is 0. The zero-order valence-corrected chi connectivity index (χ0v) is 16.3. The number of rotatable bonds is 7. The number of benzene rings is 2. The number of ether oxygens (including phenoxy) is 1. The number of amides is 1. The molecule has 2 aromatic rings. The van der Waals surface area contributed by atoms with Gasteiger partial charge in [0.05, 0.1) is 7.11 Å². The summed E-state index contributed by atoms with van der Waals surface area (Å²) in [6.07, 6.45) is 0.404.